The Hall–Kier alpha value is -2.28. The molecule has 1 atom stereocenters. The first kappa shape index (κ1) is 16.8. The fourth-order valence-corrected chi connectivity index (χ4v) is 1.84. The lowest BCUT2D eigenvalue weighted by molar-refractivity contribution is -0.122. The molecule has 4 N–H and O–H groups in total. The van der Waals surface area contributed by atoms with Crippen LogP contribution < -0.4 is 16.0 Å². The number of methoxy groups -OCH3 is 1. The molecule has 0 spiro atoms. The molecule has 1 aromatic rings. The van der Waals surface area contributed by atoms with E-state index < -0.39 is 12.0 Å². The number of carbonyl (C=O) groups excluding carboxylic acids is 1. The van der Waals surface area contributed by atoms with Crippen molar-refractivity contribution < 1.29 is 19.4 Å². The van der Waals surface area contributed by atoms with Crippen LogP contribution in [0.5, 0.6) is 0 Å². The van der Waals surface area contributed by atoms with Crippen molar-refractivity contribution in [3.05, 3.63) is 23.8 Å². The lowest BCUT2D eigenvalue weighted by Gasteiger charge is -2.27. The number of nitrogens with one attached hydrogen (secondary N) is 1. The van der Waals surface area contributed by atoms with Crippen LogP contribution in [0.1, 0.15) is 17.3 Å². The lowest BCUT2D eigenvalue weighted by Crippen LogP contribution is -2.44. The molecular formula is C14H21N3O4. The summed E-state index contributed by atoms with van der Waals surface area (Å²) in [5.74, 6) is -1.29. The molecular weight excluding hydrogens is 274 g/mol. The minimum Gasteiger partial charge on any atom is -0.478 e. The van der Waals surface area contributed by atoms with Gasteiger partial charge in [-0.2, -0.15) is 0 Å². The highest BCUT2D eigenvalue weighted by Crippen LogP contribution is 2.24. The molecule has 7 heteroatoms. The molecule has 116 valence electrons. The van der Waals surface area contributed by atoms with Crippen molar-refractivity contribution in [2.75, 3.05) is 37.9 Å². The number of hydrogen-bond donors (Lipinski definition) is 3. The van der Waals surface area contributed by atoms with Gasteiger partial charge in [-0.05, 0) is 25.1 Å². The molecule has 0 saturated carbocycles. The lowest BCUT2D eigenvalue weighted by atomic mass is 10.1. The van der Waals surface area contributed by atoms with Crippen molar-refractivity contribution in [3.8, 4) is 0 Å². The van der Waals surface area contributed by atoms with E-state index >= 15 is 0 Å². The molecule has 7 nitrogen and oxygen atoms in total. The minimum absolute atomic E-state index is 0.0639. The Morgan fingerprint density at radius 2 is 2.14 bits per heavy atom. The SMILES string of the molecule is COCCNC(=O)C(C)N(C)c1ccc(N)cc1C(=O)O. The monoisotopic (exact) mass is 295 g/mol. The molecule has 0 aliphatic carbocycles. The number of likely N-dealkylation sites (N-methyl/N-ethyl adjacent to an activating group) is 1. The van der Waals surface area contributed by atoms with Crippen molar-refractivity contribution in [2.45, 2.75) is 13.0 Å². The number of nitrogens with two attached hydrogens (primary N) is 1. The molecule has 1 amide bonds. The van der Waals surface area contributed by atoms with Crippen molar-refractivity contribution in [2.24, 2.45) is 0 Å². The molecule has 0 aromatic heterocycles. The number of ether oxygens (including phenoxy) is 1. The standard InChI is InChI=1S/C14H21N3O4/c1-9(13(18)16-6-7-21-3)17(2)12-5-4-10(15)8-11(12)14(19)20/h4-5,8-9H,6-7,15H2,1-3H3,(H,16,18)(H,19,20). The van der Waals surface area contributed by atoms with E-state index in [4.69, 9.17) is 10.5 Å². The molecule has 0 aliphatic heterocycles. The van der Waals surface area contributed by atoms with E-state index in [1.54, 1.807) is 38.1 Å². The van der Waals surface area contributed by atoms with Gasteiger partial charge >= 0.3 is 5.97 Å². The Morgan fingerprint density at radius 1 is 1.48 bits per heavy atom. The topological polar surface area (TPSA) is 105 Å². The van der Waals surface area contributed by atoms with Gasteiger partial charge in [0.15, 0.2) is 0 Å². The van der Waals surface area contributed by atoms with Crippen LogP contribution >= 0.6 is 0 Å². The number of aromatic carboxylic acids is 1. The molecule has 0 fully saturated rings. The van der Waals surface area contributed by atoms with Crippen LogP contribution in [-0.2, 0) is 9.53 Å². The molecule has 1 aromatic carbocycles. The van der Waals surface area contributed by atoms with Gasteiger partial charge in [0.05, 0.1) is 17.9 Å². The number of anilines is 2. The van der Waals surface area contributed by atoms with Gasteiger partial charge < -0.3 is 25.8 Å². The summed E-state index contributed by atoms with van der Waals surface area (Å²) < 4.78 is 4.86. The average molecular weight is 295 g/mol. The Bertz CT molecular complexity index is 519. The Morgan fingerprint density at radius 3 is 2.71 bits per heavy atom. The summed E-state index contributed by atoms with van der Waals surface area (Å²) in [4.78, 5) is 24.9. The van der Waals surface area contributed by atoms with Crippen molar-refractivity contribution in [1.82, 2.24) is 5.32 Å². The zero-order valence-electron chi connectivity index (χ0n) is 12.4. The number of nitrogen functional groups attached to an aromatic ring is 1. The molecule has 1 unspecified atom stereocenters. The number of amides is 1. The van der Waals surface area contributed by atoms with E-state index in [-0.39, 0.29) is 11.5 Å². The first-order chi connectivity index (χ1) is 9.88. The third-order valence-corrected chi connectivity index (χ3v) is 3.20. The van der Waals surface area contributed by atoms with Gasteiger partial charge in [0.25, 0.3) is 0 Å². The summed E-state index contributed by atoms with van der Waals surface area (Å²) in [5.41, 5.74) is 6.47. The Balaban J connectivity index is 2.89. The number of hydrogen-bond acceptors (Lipinski definition) is 5. The predicted octanol–water partition coefficient (Wildman–Crippen LogP) is 0.554. The number of carboxylic acid groups (broad SMARTS) is 1. The van der Waals surface area contributed by atoms with Crippen molar-refractivity contribution >= 4 is 23.3 Å². The van der Waals surface area contributed by atoms with E-state index in [0.29, 0.717) is 24.5 Å². The third-order valence-electron chi connectivity index (χ3n) is 3.20. The quantitative estimate of drug-likeness (QED) is 0.501. The van der Waals surface area contributed by atoms with Gasteiger partial charge in [0.2, 0.25) is 5.91 Å². The zero-order valence-corrected chi connectivity index (χ0v) is 12.4. The third kappa shape index (κ3) is 4.35. The van der Waals surface area contributed by atoms with Gasteiger partial charge in [0, 0.05) is 26.4 Å². The summed E-state index contributed by atoms with van der Waals surface area (Å²) in [7, 11) is 3.22. The molecule has 21 heavy (non-hydrogen) atoms. The maximum absolute atomic E-state index is 12.0. The van der Waals surface area contributed by atoms with E-state index in [2.05, 4.69) is 5.32 Å². The summed E-state index contributed by atoms with van der Waals surface area (Å²) in [5, 5.41) is 11.9. The maximum Gasteiger partial charge on any atom is 0.337 e. The second-order valence-electron chi connectivity index (χ2n) is 4.65. The summed E-state index contributed by atoms with van der Waals surface area (Å²) >= 11 is 0. The van der Waals surface area contributed by atoms with Gasteiger partial charge in [-0.15, -0.1) is 0 Å². The van der Waals surface area contributed by atoms with Crippen LogP contribution in [-0.4, -0.2) is 50.3 Å². The van der Waals surface area contributed by atoms with Crippen LogP contribution in [0.4, 0.5) is 11.4 Å². The van der Waals surface area contributed by atoms with E-state index in [1.165, 1.54) is 6.07 Å². The number of rotatable bonds is 7. The first-order valence-electron chi connectivity index (χ1n) is 6.50. The Labute approximate surface area is 123 Å². The second-order valence-corrected chi connectivity index (χ2v) is 4.65. The fraction of sp³-hybridized carbons (Fsp3) is 0.429. The number of carboxylic acids is 1. The van der Waals surface area contributed by atoms with E-state index in [9.17, 15) is 14.7 Å². The molecule has 0 heterocycles. The largest absolute Gasteiger partial charge is 0.478 e. The van der Waals surface area contributed by atoms with Crippen LogP contribution in [0.25, 0.3) is 0 Å². The first-order valence-corrected chi connectivity index (χ1v) is 6.50. The number of benzene rings is 1. The smallest absolute Gasteiger partial charge is 0.337 e. The van der Waals surface area contributed by atoms with Gasteiger partial charge in [-0.1, -0.05) is 0 Å². The van der Waals surface area contributed by atoms with Gasteiger partial charge in [0.1, 0.15) is 6.04 Å². The molecule has 0 aliphatic rings. The predicted molar refractivity (Wildman–Crippen MR) is 80.6 cm³/mol. The fourth-order valence-electron chi connectivity index (χ4n) is 1.84. The summed E-state index contributed by atoms with van der Waals surface area (Å²) in [6.45, 7) is 2.52. The van der Waals surface area contributed by atoms with Crippen LogP contribution in [0.2, 0.25) is 0 Å². The van der Waals surface area contributed by atoms with Crippen LogP contribution in [0.15, 0.2) is 18.2 Å². The second kappa shape index (κ2) is 7.49. The molecule has 0 saturated heterocycles. The summed E-state index contributed by atoms with van der Waals surface area (Å²) in [6, 6.07) is 4.05. The normalized spacial score (nSPS) is 11.8. The maximum atomic E-state index is 12.0. The van der Waals surface area contributed by atoms with E-state index in [0.717, 1.165) is 0 Å². The average Bonchev–Trinajstić information content (AvgIpc) is 2.45. The number of nitrogens with zero attached hydrogens (tertiary/aromatic N) is 1. The van der Waals surface area contributed by atoms with Crippen molar-refractivity contribution in [1.29, 1.82) is 0 Å². The van der Waals surface area contributed by atoms with Gasteiger partial charge in [-0.3, -0.25) is 4.79 Å². The Kier molecular flexibility index (Phi) is 5.98. The highest BCUT2D eigenvalue weighted by Gasteiger charge is 2.22. The van der Waals surface area contributed by atoms with Crippen LogP contribution in [0, 0.1) is 0 Å². The molecule has 1 rings (SSSR count). The molecule has 0 bridgehead atoms. The highest BCUT2D eigenvalue weighted by atomic mass is 16.5. The molecule has 0 radical (unpaired) electrons. The van der Waals surface area contributed by atoms with Gasteiger partial charge in [-0.25, -0.2) is 4.79 Å². The number of carbonyl (C=O) groups is 2. The van der Waals surface area contributed by atoms with Crippen molar-refractivity contribution in [3.63, 3.8) is 0 Å². The summed E-state index contributed by atoms with van der Waals surface area (Å²) in [6.07, 6.45) is 0. The van der Waals surface area contributed by atoms with E-state index in [1.807, 2.05) is 0 Å². The minimum atomic E-state index is -1.09. The van der Waals surface area contributed by atoms with Crippen LogP contribution in [0.3, 0.4) is 0 Å². The highest BCUT2D eigenvalue weighted by molar-refractivity contribution is 5.97. The zero-order chi connectivity index (χ0) is 16.0.